The third-order valence-corrected chi connectivity index (χ3v) is 3.52. The van der Waals surface area contributed by atoms with Crippen molar-refractivity contribution in [2.24, 2.45) is 0 Å². The van der Waals surface area contributed by atoms with Crippen LogP contribution in [0.25, 0.3) is 10.9 Å². The van der Waals surface area contributed by atoms with E-state index in [1.807, 2.05) is 18.2 Å². The van der Waals surface area contributed by atoms with Crippen LogP contribution in [-0.4, -0.2) is 23.5 Å². The largest absolute Gasteiger partial charge is 0.365 e. The highest BCUT2D eigenvalue weighted by molar-refractivity contribution is 5.81. The number of piperidine rings is 1. The molecule has 3 rings (SSSR count). The summed E-state index contributed by atoms with van der Waals surface area (Å²) in [5, 5.41) is 7.47. The van der Waals surface area contributed by atoms with E-state index in [1.54, 1.807) is 0 Å². The third-order valence-electron chi connectivity index (χ3n) is 3.52. The number of nitrogens with zero attached hydrogens (tertiary/aromatic N) is 1. The molecule has 2 N–H and O–H groups in total. The number of rotatable bonds is 2. The fourth-order valence-electron chi connectivity index (χ4n) is 2.42. The number of aromatic nitrogens is 1. The van der Waals surface area contributed by atoms with Crippen LogP contribution in [-0.2, 0) is 4.79 Å². The molecule has 1 saturated heterocycles. The summed E-state index contributed by atoms with van der Waals surface area (Å²) in [7, 11) is 0. The predicted molar refractivity (Wildman–Crippen MR) is 76.1 cm³/mol. The molecule has 1 aromatic heterocycles. The van der Waals surface area contributed by atoms with Gasteiger partial charge in [0.15, 0.2) is 0 Å². The first-order chi connectivity index (χ1) is 9.22. The van der Waals surface area contributed by atoms with Crippen molar-refractivity contribution in [2.75, 3.05) is 11.9 Å². The first-order valence-electron chi connectivity index (χ1n) is 6.62. The Morgan fingerprint density at radius 3 is 3.00 bits per heavy atom. The van der Waals surface area contributed by atoms with Gasteiger partial charge < -0.3 is 10.6 Å². The fraction of sp³-hybridized carbons (Fsp3) is 0.333. The first-order valence-corrected chi connectivity index (χ1v) is 6.62. The quantitative estimate of drug-likeness (QED) is 0.865. The highest BCUT2D eigenvalue weighted by Gasteiger charge is 2.18. The highest BCUT2D eigenvalue weighted by atomic mass is 16.1. The van der Waals surface area contributed by atoms with Crippen molar-refractivity contribution < 1.29 is 4.79 Å². The van der Waals surface area contributed by atoms with E-state index in [9.17, 15) is 4.79 Å². The number of aryl methyl sites for hydroxylation is 1. The number of nitrogens with one attached hydrogen (secondary N) is 2. The Balaban J connectivity index is 1.84. The second-order valence-electron chi connectivity index (χ2n) is 5.03. The van der Waals surface area contributed by atoms with Gasteiger partial charge in [0.25, 0.3) is 0 Å². The van der Waals surface area contributed by atoms with Crippen molar-refractivity contribution in [1.82, 2.24) is 10.3 Å². The van der Waals surface area contributed by atoms with Crippen molar-refractivity contribution >= 4 is 22.6 Å². The molecule has 0 bridgehead atoms. The van der Waals surface area contributed by atoms with Crippen LogP contribution in [0.2, 0.25) is 0 Å². The number of fused-ring (bicyclic) bond motifs is 1. The molecule has 0 aliphatic carbocycles. The van der Waals surface area contributed by atoms with Gasteiger partial charge >= 0.3 is 0 Å². The van der Waals surface area contributed by atoms with Crippen molar-refractivity contribution in [2.45, 2.75) is 25.8 Å². The van der Waals surface area contributed by atoms with Gasteiger partial charge in [-0.25, -0.2) is 4.98 Å². The normalized spacial score (nSPS) is 19.2. The molecule has 2 aromatic rings. The lowest BCUT2D eigenvalue weighted by Crippen LogP contribution is -2.42. The second-order valence-corrected chi connectivity index (χ2v) is 5.03. The van der Waals surface area contributed by atoms with Crippen LogP contribution in [0.5, 0.6) is 0 Å². The first kappa shape index (κ1) is 12.0. The number of benzene rings is 1. The molecule has 4 nitrogen and oxygen atoms in total. The van der Waals surface area contributed by atoms with Gasteiger partial charge in [0.2, 0.25) is 5.91 Å². The average Bonchev–Trinajstić information content (AvgIpc) is 2.42. The Hall–Kier alpha value is -2.10. The van der Waals surface area contributed by atoms with E-state index in [0.29, 0.717) is 13.0 Å². The summed E-state index contributed by atoms with van der Waals surface area (Å²) in [5.41, 5.74) is 2.13. The Bertz CT molecular complexity index is 614. The summed E-state index contributed by atoms with van der Waals surface area (Å²) >= 11 is 0. The number of para-hydroxylation sites is 1. The van der Waals surface area contributed by atoms with Gasteiger partial charge in [-0.05, 0) is 31.0 Å². The van der Waals surface area contributed by atoms with Crippen LogP contribution in [0.15, 0.2) is 30.3 Å². The van der Waals surface area contributed by atoms with Gasteiger partial charge in [-0.1, -0.05) is 18.2 Å². The summed E-state index contributed by atoms with van der Waals surface area (Å²) in [6.07, 6.45) is 1.45. The average molecular weight is 255 g/mol. The number of hydrogen-bond donors (Lipinski definition) is 2. The minimum absolute atomic E-state index is 0.140. The Morgan fingerprint density at radius 1 is 1.37 bits per heavy atom. The topological polar surface area (TPSA) is 54.0 Å². The Kier molecular flexibility index (Phi) is 3.07. The maximum absolute atomic E-state index is 11.1. The number of pyridine rings is 1. The van der Waals surface area contributed by atoms with Gasteiger partial charge in [-0.3, -0.25) is 4.79 Å². The van der Waals surface area contributed by atoms with Crippen LogP contribution in [0, 0.1) is 6.92 Å². The van der Waals surface area contributed by atoms with Gasteiger partial charge in [0, 0.05) is 24.4 Å². The zero-order chi connectivity index (χ0) is 13.2. The molecule has 1 aliphatic rings. The zero-order valence-electron chi connectivity index (χ0n) is 10.9. The minimum Gasteiger partial charge on any atom is -0.365 e. The monoisotopic (exact) mass is 255 g/mol. The second kappa shape index (κ2) is 4.88. The molecule has 1 aliphatic heterocycles. The minimum atomic E-state index is 0.140. The van der Waals surface area contributed by atoms with Gasteiger partial charge in [0.05, 0.1) is 5.52 Å². The van der Waals surface area contributed by atoms with Crippen LogP contribution >= 0.6 is 0 Å². The summed E-state index contributed by atoms with van der Waals surface area (Å²) in [5.74, 6) is 1.06. The van der Waals surface area contributed by atoms with E-state index in [-0.39, 0.29) is 11.9 Å². The molecule has 98 valence electrons. The van der Waals surface area contributed by atoms with Crippen LogP contribution in [0.1, 0.15) is 18.4 Å². The van der Waals surface area contributed by atoms with E-state index >= 15 is 0 Å². The molecule has 1 unspecified atom stereocenters. The van der Waals surface area contributed by atoms with Crippen LogP contribution in [0.4, 0.5) is 5.82 Å². The van der Waals surface area contributed by atoms with Gasteiger partial charge in [-0.15, -0.1) is 0 Å². The Labute approximate surface area is 112 Å². The summed E-state index contributed by atoms with van der Waals surface area (Å²) in [4.78, 5) is 15.8. The smallest absolute Gasteiger partial charge is 0.220 e. The van der Waals surface area contributed by atoms with E-state index in [4.69, 9.17) is 0 Å². The number of carbonyl (C=O) groups is 1. The number of carbonyl (C=O) groups excluding carboxylic acids is 1. The van der Waals surface area contributed by atoms with Crippen LogP contribution in [0.3, 0.4) is 0 Å². The maximum atomic E-state index is 11.1. The lowest BCUT2D eigenvalue weighted by Gasteiger charge is -2.24. The standard InChI is InChI=1S/C15H17N3O/c1-10-8-11-4-2-3-5-13(11)18-15(10)17-12-6-7-14(19)16-9-12/h2-5,8,12H,6-7,9H2,1H3,(H,16,19)(H,17,18). The van der Waals surface area contributed by atoms with E-state index < -0.39 is 0 Å². The van der Waals surface area contributed by atoms with Crippen molar-refractivity contribution in [3.8, 4) is 0 Å². The van der Waals surface area contributed by atoms with E-state index in [2.05, 4.69) is 34.7 Å². The molecular formula is C15H17N3O. The van der Waals surface area contributed by atoms with Crippen molar-refractivity contribution in [3.05, 3.63) is 35.9 Å². The molecule has 1 amide bonds. The summed E-state index contributed by atoms with van der Waals surface area (Å²) in [6, 6.07) is 10.5. The molecule has 1 fully saturated rings. The molecule has 4 heteroatoms. The SMILES string of the molecule is Cc1cc2ccccc2nc1NC1CCC(=O)NC1. The molecule has 2 heterocycles. The third kappa shape index (κ3) is 2.52. The lowest BCUT2D eigenvalue weighted by atomic mass is 10.1. The highest BCUT2D eigenvalue weighted by Crippen LogP contribution is 2.21. The van der Waals surface area contributed by atoms with E-state index in [0.717, 1.165) is 28.7 Å². The molecule has 1 atom stereocenters. The fourth-order valence-corrected chi connectivity index (χ4v) is 2.42. The molecule has 0 spiro atoms. The molecule has 0 radical (unpaired) electrons. The van der Waals surface area contributed by atoms with Crippen molar-refractivity contribution in [3.63, 3.8) is 0 Å². The number of hydrogen-bond acceptors (Lipinski definition) is 3. The number of anilines is 1. The molecular weight excluding hydrogens is 238 g/mol. The predicted octanol–water partition coefficient (Wildman–Crippen LogP) is 2.23. The Morgan fingerprint density at radius 2 is 2.21 bits per heavy atom. The molecule has 0 saturated carbocycles. The van der Waals surface area contributed by atoms with Crippen molar-refractivity contribution in [1.29, 1.82) is 0 Å². The van der Waals surface area contributed by atoms with E-state index in [1.165, 1.54) is 0 Å². The lowest BCUT2D eigenvalue weighted by molar-refractivity contribution is -0.122. The summed E-state index contributed by atoms with van der Waals surface area (Å²) in [6.45, 7) is 2.73. The number of amides is 1. The maximum Gasteiger partial charge on any atom is 0.220 e. The van der Waals surface area contributed by atoms with Crippen LogP contribution < -0.4 is 10.6 Å². The van der Waals surface area contributed by atoms with Gasteiger partial charge in [-0.2, -0.15) is 0 Å². The zero-order valence-corrected chi connectivity index (χ0v) is 10.9. The molecule has 19 heavy (non-hydrogen) atoms. The molecule has 1 aromatic carbocycles. The van der Waals surface area contributed by atoms with Gasteiger partial charge in [0.1, 0.15) is 5.82 Å². The summed E-state index contributed by atoms with van der Waals surface area (Å²) < 4.78 is 0.